The minimum atomic E-state index is 0.376. The molecule has 1 aliphatic carbocycles. The van der Waals surface area contributed by atoms with Crippen LogP contribution >= 0.6 is 0 Å². The third kappa shape index (κ3) is 1.22. The van der Waals surface area contributed by atoms with E-state index in [1.807, 2.05) is 7.05 Å². The molecule has 1 unspecified atom stereocenters. The Morgan fingerprint density at radius 2 is 2.50 bits per heavy atom. The van der Waals surface area contributed by atoms with Gasteiger partial charge in [0.25, 0.3) is 0 Å². The lowest BCUT2D eigenvalue weighted by molar-refractivity contribution is 0.232. The van der Waals surface area contributed by atoms with E-state index in [0.29, 0.717) is 6.04 Å². The molecule has 1 atom stereocenters. The fourth-order valence-electron chi connectivity index (χ4n) is 1.73. The molecule has 1 heterocycles. The van der Waals surface area contributed by atoms with Crippen molar-refractivity contribution in [2.75, 3.05) is 7.05 Å². The summed E-state index contributed by atoms with van der Waals surface area (Å²) in [6.45, 7) is 0. The summed E-state index contributed by atoms with van der Waals surface area (Å²) < 4.78 is 0. The Bertz CT molecular complexity index is 227. The van der Waals surface area contributed by atoms with Gasteiger partial charge in [-0.25, -0.2) is 4.98 Å². The van der Waals surface area contributed by atoms with Crippen molar-refractivity contribution >= 4 is 0 Å². The molecule has 66 valence electrons. The second-order valence-electron chi connectivity index (χ2n) is 3.33. The Hall–Kier alpha value is -0.900. The van der Waals surface area contributed by atoms with E-state index in [4.69, 9.17) is 0 Å². The molecule has 0 saturated heterocycles. The van der Waals surface area contributed by atoms with Crippen LogP contribution in [-0.4, -0.2) is 22.2 Å². The zero-order chi connectivity index (χ0) is 8.39. The Kier molecular flexibility index (Phi) is 2.08. The highest BCUT2D eigenvalue weighted by Gasteiger charge is 2.28. The maximum atomic E-state index is 4.16. The van der Waals surface area contributed by atoms with E-state index in [2.05, 4.69) is 20.5 Å². The standard InChI is InChI=1S/C8H14N4/c1-9-7(6-3-2-4-6)8-10-5-11-12-8/h5-7,9H,2-4H2,1H3,(H,10,11,12). The van der Waals surface area contributed by atoms with Crippen LogP contribution in [0.15, 0.2) is 6.33 Å². The number of aromatic nitrogens is 3. The summed E-state index contributed by atoms with van der Waals surface area (Å²) in [5.74, 6) is 1.73. The van der Waals surface area contributed by atoms with Gasteiger partial charge in [-0.15, -0.1) is 0 Å². The lowest BCUT2D eigenvalue weighted by Crippen LogP contribution is -2.30. The monoisotopic (exact) mass is 166 g/mol. The van der Waals surface area contributed by atoms with Gasteiger partial charge >= 0.3 is 0 Å². The zero-order valence-corrected chi connectivity index (χ0v) is 7.25. The third-order valence-electron chi connectivity index (χ3n) is 2.66. The van der Waals surface area contributed by atoms with Crippen LogP contribution in [0.5, 0.6) is 0 Å². The van der Waals surface area contributed by atoms with Gasteiger partial charge in [-0.2, -0.15) is 5.10 Å². The van der Waals surface area contributed by atoms with Gasteiger partial charge in [0, 0.05) is 0 Å². The van der Waals surface area contributed by atoms with Gasteiger partial charge in [0.05, 0.1) is 6.04 Å². The van der Waals surface area contributed by atoms with Crippen LogP contribution < -0.4 is 5.32 Å². The average Bonchev–Trinajstić information content (AvgIpc) is 2.47. The molecule has 2 N–H and O–H groups in total. The number of nitrogens with one attached hydrogen (secondary N) is 2. The van der Waals surface area contributed by atoms with Crippen LogP contribution in [-0.2, 0) is 0 Å². The normalized spacial score (nSPS) is 20.4. The molecule has 0 bridgehead atoms. The number of hydrogen-bond donors (Lipinski definition) is 2. The molecule has 12 heavy (non-hydrogen) atoms. The highest BCUT2D eigenvalue weighted by atomic mass is 15.2. The maximum Gasteiger partial charge on any atom is 0.141 e. The number of rotatable bonds is 3. The number of hydrogen-bond acceptors (Lipinski definition) is 3. The summed E-state index contributed by atoms with van der Waals surface area (Å²) in [4.78, 5) is 4.16. The molecular weight excluding hydrogens is 152 g/mol. The van der Waals surface area contributed by atoms with Crippen molar-refractivity contribution in [3.05, 3.63) is 12.2 Å². The number of nitrogens with zero attached hydrogens (tertiary/aromatic N) is 2. The molecule has 1 aliphatic rings. The molecule has 1 fully saturated rings. The SMILES string of the molecule is CNC(c1ncn[nH]1)C1CCC1. The molecule has 0 aliphatic heterocycles. The molecule has 1 aromatic rings. The number of H-pyrrole nitrogens is 1. The summed E-state index contributed by atoms with van der Waals surface area (Å²) in [5.41, 5.74) is 0. The fourth-order valence-corrected chi connectivity index (χ4v) is 1.73. The summed E-state index contributed by atoms with van der Waals surface area (Å²) >= 11 is 0. The van der Waals surface area contributed by atoms with Crippen molar-refractivity contribution in [2.45, 2.75) is 25.3 Å². The molecule has 2 rings (SSSR count). The van der Waals surface area contributed by atoms with Crippen molar-refractivity contribution in [2.24, 2.45) is 5.92 Å². The molecule has 4 nitrogen and oxygen atoms in total. The average molecular weight is 166 g/mol. The van der Waals surface area contributed by atoms with E-state index in [1.54, 1.807) is 6.33 Å². The van der Waals surface area contributed by atoms with Gasteiger partial charge in [0.1, 0.15) is 12.2 Å². The molecule has 0 aromatic carbocycles. The number of aromatic amines is 1. The van der Waals surface area contributed by atoms with Gasteiger partial charge in [0.15, 0.2) is 0 Å². The van der Waals surface area contributed by atoms with E-state index >= 15 is 0 Å². The maximum absolute atomic E-state index is 4.16. The molecule has 0 spiro atoms. The molecule has 0 radical (unpaired) electrons. The Morgan fingerprint density at radius 3 is 2.92 bits per heavy atom. The van der Waals surface area contributed by atoms with Crippen molar-refractivity contribution in [1.82, 2.24) is 20.5 Å². The summed E-state index contributed by atoms with van der Waals surface area (Å²) in [7, 11) is 1.98. The van der Waals surface area contributed by atoms with Crippen molar-refractivity contribution in [3.63, 3.8) is 0 Å². The molecule has 0 amide bonds. The topological polar surface area (TPSA) is 53.6 Å². The molecule has 4 heteroatoms. The van der Waals surface area contributed by atoms with E-state index in [-0.39, 0.29) is 0 Å². The fraction of sp³-hybridized carbons (Fsp3) is 0.750. The van der Waals surface area contributed by atoms with Gasteiger partial charge in [-0.1, -0.05) is 6.42 Å². The first-order chi connectivity index (χ1) is 5.92. The van der Waals surface area contributed by atoms with Gasteiger partial charge in [-0.3, -0.25) is 5.10 Å². The summed E-state index contributed by atoms with van der Waals surface area (Å²) in [6, 6.07) is 0.376. The van der Waals surface area contributed by atoms with Gasteiger partial charge < -0.3 is 5.32 Å². The molecular formula is C8H14N4. The predicted octanol–water partition coefficient (Wildman–Crippen LogP) is 0.865. The van der Waals surface area contributed by atoms with Crippen LogP contribution in [0.2, 0.25) is 0 Å². The summed E-state index contributed by atoms with van der Waals surface area (Å²) in [5, 5.41) is 10.0. The van der Waals surface area contributed by atoms with Crippen LogP contribution in [0.4, 0.5) is 0 Å². The highest BCUT2D eigenvalue weighted by Crippen LogP contribution is 2.35. The zero-order valence-electron chi connectivity index (χ0n) is 7.25. The van der Waals surface area contributed by atoms with E-state index < -0.39 is 0 Å². The lowest BCUT2D eigenvalue weighted by Gasteiger charge is -2.31. The Labute approximate surface area is 71.8 Å². The van der Waals surface area contributed by atoms with Crippen LogP contribution in [0.25, 0.3) is 0 Å². The Morgan fingerprint density at radius 1 is 1.67 bits per heavy atom. The van der Waals surface area contributed by atoms with Gasteiger partial charge in [0.2, 0.25) is 0 Å². The third-order valence-corrected chi connectivity index (χ3v) is 2.66. The second-order valence-corrected chi connectivity index (χ2v) is 3.33. The van der Waals surface area contributed by atoms with Crippen molar-refractivity contribution < 1.29 is 0 Å². The largest absolute Gasteiger partial charge is 0.310 e. The minimum Gasteiger partial charge on any atom is -0.310 e. The minimum absolute atomic E-state index is 0.376. The predicted molar refractivity (Wildman–Crippen MR) is 45.5 cm³/mol. The first kappa shape index (κ1) is 7.73. The summed E-state index contributed by atoms with van der Waals surface area (Å²) in [6.07, 6.45) is 5.55. The van der Waals surface area contributed by atoms with Crippen LogP contribution in [0, 0.1) is 5.92 Å². The Balaban J connectivity index is 2.07. The molecule has 1 aromatic heterocycles. The van der Waals surface area contributed by atoms with Crippen molar-refractivity contribution in [1.29, 1.82) is 0 Å². The van der Waals surface area contributed by atoms with Crippen LogP contribution in [0.1, 0.15) is 31.1 Å². The lowest BCUT2D eigenvalue weighted by atomic mass is 9.79. The van der Waals surface area contributed by atoms with E-state index in [1.165, 1.54) is 19.3 Å². The molecule has 1 saturated carbocycles. The highest BCUT2D eigenvalue weighted by molar-refractivity contribution is 4.96. The first-order valence-corrected chi connectivity index (χ1v) is 4.44. The van der Waals surface area contributed by atoms with E-state index in [9.17, 15) is 0 Å². The second kappa shape index (κ2) is 3.23. The van der Waals surface area contributed by atoms with Gasteiger partial charge in [-0.05, 0) is 25.8 Å². The smallest absolute Gasteiger partial charge is 0.141 e. The van der Waals surface area contributed by atoms with E-state index in [0.717, 1.165) is 11.7 Å². The van der Waals surface area contributed by atoms with Crippen molar-refractivity contribution in [3.8, 4) is 0 Å². The van der Waals surface area contributed by atoms with Crippen LogP contribution in [0.3, 0.4) is 0 Å². The quantitative estimate of drug-likeness (QED) is 0.700. The first-order valence-electron chi connectivity index (χ1n) is 4.44.